The van der Waals surface area contributed by atoms with Gasteiger partial charge in [-0.3, -0.25) is 4.72 Å². The smallest absolute Gasteiger partial charge is 0.336 e. The van der Waals surface area contributed by atoms with Crippen LogP contribution in [-0.4, -0.2) is 24.5 Å². The third-order valence-corrected chi connectivity index (χ3v) is 4.96. The van der Waals surface area contributed by atoms with Crippen molar-refractivity contribution in [2.45, 2.75) is 4.90 Å². The molecule has 0 radical (unpaired) electrons. The highest BCUT2D eigenvalue weighted by atomic mass is 79.9. The number of anilines is 1. The van der Waals surface area contributed by atoms with Crippen molar-refractivity contribution in [2.24, 2.45) is 0 Å². The Labute approximate surface area is 137 Å². The fourth-order valence-corrected chi connectivity index (χ4v) is 3.15. The number of sulfonamides is 1. The average molecular weight is 436 g/mol. The number of halogens is 2. The fourth-order valence-electron chi connectivity index (χ4n) is 1.47. The molecule has 0 fully saturated rings. The number of nitrogens with zero attached hydrogens (tertiary/aromatic N) is 1. The number of pyridine rings is 1. The van der Waals surface area contributed by atoms with Gasteiger partial charge in [0.05, 0.1) is 10.5 Å². The van der Waals surface area contributed by atoms with Crippen molar-refractivity contribution >= 4 is 53.7 Å². The maximum Gasteiger partial charge on any atom is 0.336 e. The summed E-state index contributed by atoms with van der Waals surface area (Å²) in [5.41, 5.74) is -0.137. The van der Waals surface area contributed by atoms with Gasteiger partial charge in [-0.1, -0.05) is 0 Å². The van der Waals surface area contributed by atoms with Crippen LogP contribution < -0.4 is 4.72 Å². The molecular formula is C12H8Br2N2O4S. The van der Waals surface area contributed by atoms with Crippen molar-refractivity contribution < 1.29 is 18.3 Å². The third-order valence-electron chi connectivity index (χ3n) is 2.44. The van der Waals surface area contributed by atoms with Gasteiger partial charge in [0.15, 0.2) is 0 Å². The second kappa shape index (κ2) is 6.12. The van der Waals surface area contributed by atoms with E-state index in [1.807, 2.05) is 0 Å². The molecule has 110 valence electrons. The average Bonchev–Trinajstić information content (AvgIpc) is 2.41. The summed E-state index contributed by atoms with van der Waals surface area (Å²) < 4.78 is 27.7. The first-order valence-electron chi connectivity index (χ1n) is 5.47. The predicted molar refractivity (Wildman–Crippen MR) is 83.8 cm³/mol. The van der Waals surface area contributed by atoms with Gasteiger partial charge in [-0.05, 0) is 62.2 Å². The van der Waals surface area contributed by atoms with Gasteiger partial charge in [-0.15, -0.1) is 0 Å². The summed E-state index contributed by atoms with van der Waals surface area (Å²) >= 11 is 6.25. The maximum atomic E-state index is 12.2. The van der Waals surface area contributed by atoms with E-state index in [2.05, 4.69) is 41.6 Å². The van der Waals surface area contributed by atoms with E-state index in [0.29, 0.717) is 8.95 Å². The van der Waals surface area contributed by atoms with E-state index in [4.69, 9.17) is 5.11 Å². The van der Waals surface area contributed by atoms with Crippen LogP contribution in [0.2, 0.25) is 0 Å². The summed E-state index contributed by atoms with van der Waals surface area (Å²) in [5.74, 6) is -1.08. The molecule has 0 spiro atoms. The van der Waals surface area contributed by atoms with Crippen molar-refractivity contribution in [3.63, 3.8) is 0 Å². The minimum Gasteiger partial charge on any atom is -0.478 e. The molecule has 0 atom stereocenters. The van der Waals surface area contributed by atoms with Crippen LogP contribution in [0, 0.1) is 0 Å². The first-order chi connectivity index (χ1) is 9.79. The monoisotopic (exact) mass is 434 g/mol. The molecule has 0 saturated heterocycles. The highest BCUT2D eigenvalue weighted by molar-refractivity contribution is 9.10. The molecular weight excluding hydrogens is 428 g/mol. The van der Waals surface area contributed by atoms with Crippen molar-refractivity contribution in [2.75, 3.05) is 4.72 Å². The van der Waals surface area contributed by atoms with Crippen LogP contribution >= 0.6 is 31.9 Å². The summed E-state index contributed by atoms with van der Waals surface area (Å²) in [7, 11) is -3.91. The van der Waals surface area contributed by atoms with Crippen LogP contribution in [-0.2, 0) is 10.0 Å². The fraction of sp³-hybridized carbons (Fsp3) is 0. The molecule has 1 aromatic heterocycles. The molecule has 6 nitrogen and oxygen atoms in total. The second-order valence-corrected chi connectivity index (χ2v) is 7.37. The van der Waals surface area contributed by atoms with Crippen molar-refractivity contribution in [3.8, 4) is 0 Å². The van der Waals surface area contributed by atoms with Gasteiger partial charge in [0, 0.05) is 15.1 Å². The van der Waals surface area contributed by atoms with E-state index in [-0.39, 0.29) is 16.3 Å². The Morgan fingerprint density at radius 2 is 1.90 bits per heavy atom. The first-order valence-corrected chi connectivity index (χ1v) is 8.54. The first kappa shape index (κ1) is 15.9. The predicted octanol–water partition coefficient (Wildman–Crippen LogP) is 3.11. The normalized spacial score (nSPS) is 11.1. The van der Waals surface area contributed by atoms with E-state index >= 15 is 0 Å². The lowest BCUT2D eigenvalue weighted by Crippen LogP contribution is -2.14. The Balaban J connectivity index is 2.38. The van der Waals surface area contributed by atoms with Crippen LogP contribution in [0.15, 0.2) is 50.4 Å². The minimum atomic E-state index is -3.91. The van der Waals surface area contributed by atoms with E-state index in [0.717, 1.165) is 6.07 Å². The molecule has 0 unspecified atom stereocenters. The zero-order valence-electron chi connectivity index (χ0n) is 10.2. The van der Waals surface area contributed by atoms with Crippen LogP contribution in [0.3, 0.4) is 0 Å². The lowest BCUT2D eigenvalue weighted by atomic mass is 10.2. The van der Waals surface area contributed by atoms with Crippen molar-refractivity contribution in [1.29, 1.82) is 0 Å². The quantitative estimate of drug-likeness (QED) is 0.768. The number of nitrogens with one attached hydrogen (secondary N) is 1. The highest BCUT2D eigenvalue weighted by Gasteiger charge is 2.18. The van der Waals surface area contributed by atoms with Gasteiger partial charge in [-0.25, -0.2) is 18.2 Å². The number of carbonyl (C=O) groups is 1. The molecule has 2 rings (SSSR count). The molecule has 1 heterocycles. The Morgan fingerprint density at radius 1 is 1.19 bits per heavy atom. The molecule has 0 amide bonds. The number of carboxylic acids is 1. The van der Waals surface area contributed by atoms with Gasteiger partial charge < -0.3 is 5.11 Å². The molecule has 0 aliphatic rings. The van der Waals surface area contributed by atoms with Gasteiger partial charge in [-0.2, -0.15) is 0 Å². The van der Waals surface area contributed by atoms with E-state index in [9.17, 15) is 13.2 Å². The molecule has 0 saturated carbocycles. The highest BCUT2D eigenvalue weighted by Crippen LogP contribution is 2.22. The van der Waals surface area contributed by atoms with E-state index in [1.54, 1.807) is 6.07 Å². The Morgan fingerprint density at radius 3 is 2.48 bits per heavy atom. The number of benzene rings is 1. The summed E-state index contributed by atoms with van der Waals surface area (Å²) in [6.07, 6.45) is 1.45. The topological polar surface area (TPSA) is 96.4 Å². The number of aromatic nitrogens is 1. The maximum absolute atomic E-state index is 12.2. The van der Waals surface area contributed by atoms with Crippen molar-refractivity contribution in [3.05, 3.63) is 51.0 Å². The van der Waals surface area contributed by atoms with Gasteiger partial charge in [0.25, 0.3) is 10.0 Å². The molecule has 0 aliphatic carbocycles. The molecule has 2 N–H and O–H groups in total. The Hall–Kier alpha value is -1.45. The molecule has 1 aromatic carbocycles. The number of hydrogen-bond donors (Lipinski definition) is 2. The lowest BCUT2D eigenvalue weighted by Gasteiger charge is -2.08. The zero-order valence-corrected chi connectivity index (χ0v) is 14.2. The summed E-state index contributed by atoms with van der Waals surface area (Å²) in [6.45, 7) is 0. The van der Waals surface area contributed by atoms with Crippen LogP contribution in [0.4, 0.5) is 5.82 Å². The third kappa shape index (κ3) is 3.80. The zero-order chi connectivity index (χ0) is 15.6. The standard InChI is InChI=1S/C12H8Br2N2O4S/c13-7-1-4-11(15-6-7)16-21(19,20)8-2-3-10(14)9(5-8)12(17)18/h1-6H,(H,15,16)(H,17,18). The number of aromatic carboxylic acids is 1. The van der Waals surface area contributed by atoms with Gasteiger partial charge in [0.1, 0.15) is 5.82 Å². The van der Waals surface area contributed by atoms with Gasteiger partial charge >= 0.3 is 5.97 Å². The number of rotatable bonds is 4. The summed E-state index contributed by atoms with van der Waals surface area (Å²) in [4.78, 5) is 14.8. The summed E-state index contributed by atoms with van der Waals surface area (Å²) in [5, 5.41) is 9.01. The number of carboxylic acid groups (broad SMARTS) is 1. The molecule has 0 bridgehead atoms. The van der Waals surface area contributed by atoms with Gasteiger partial charge in [0.2, 0.25) is 0 Å². The van der Waals surface area contributed by atoms with E-state index in [1.165, 1.54) is 24.4 Å². The molecule has 2 aromatic rings. The number of hydrogen-bond acceptors (Lipinski definition) is 4. The molecule has 21 heavy (non-hydrogen) atoms. The van der Waals surface area contributed by atoms with Crippen LogP contribution in [0.1, 0.15) is 10.4 Å². The second-order valence-electron chi connectivity index (χ2n) is 3.91. The van der Waals surface area contributed by atoms with E-state index < -0.39 is 16.0 Å². The lowest BCUT2D eigenvalue weighted by molar-refractivity contribution is 0.0695. The SMILES string of the molecule is O=C(O)c1cc(S(=O)(=O)Nc2ccc(Br)cn2)ccc1Br. The minimum absolute atomic E-state index is 0.137. The Bertz CT molecular complexity index is 791. The molecule has 0 aliphatic heterocycles. The van der Waals surface area contributed by atoms with Crippen molar-refractivity contribution in [1.82, 2.24) is 4.98 Å². The van der Waals surface area contributed by atoms with Crippen LogP contribution in [0.25, 0.3) is 0 Å². The Kier molecular flexibility index (Phi) is 4.64. The summed E-state index contributed by atoms with van der Waals surface area (Å²) in [6, 6.07) is 6.87. The molecule has 9 heteroatoms. The van der Waals surface area contributed by atoms with Crippen LogP contribution in [0.5, 0.6) is 0 Å². The largest absolute Gasteiger partial charge is 0.478 e.